The molecular weight excluding hydrogens is 420 g/mol. The summed E-state index contributed by atoms with van der Waals surface area (Å²) < 4.78 is 0. The zero-order chi connectivity index (χ0) is 24.5. The van der Waals surface area contributed by atoms with Crippen LogP contribution in [-0.2, 0) is 4.79 Å². The molecule has 4 rings (SSSR count). The number of fused-ring (bicyclic) bond motifs is 5. The van der Waals surface area contributed by atoms with Gasteiger partial charge in [-0.15, -0.1) is 0 Å². The lowest BCUT2D eigenvalue weighted by Gasteiger charge is -2.59. The van der Waals surface area contributed by atoms with Gasteiger partial charge >= 0.3 is 0 Å². The molecule has 0 radical (unpaired) electrons. The van der Waals surface area contributed by atoms with E-state index in [0.717, 1.165) is 18.4 Å². The summed E-state index contributed by atoms with van der Waals surface area (Å²) in [5.74, 6) is -0.118. The first-order chi connectivity index (χ1) is 15.2. The molecule has 5 N–H and O–H groups in total. The Bertz CT molecular complexity index is 801. The molecule has 188 valence electrons. The zero-order valence-electron chi connectivity index (χ0n) is 20.9. The summed E-state index contributed by atoms with van der Waals surface area (Å²) in [4.78, 5) is 13.2. The molecule has 0 amide bonds. The predicted octanol–water partition coefficient (Wildman–Crippen LogP) is 2.60. The Hall–Kier alpha value is -0.790. The lowest BCUT2D eigenvalue weighted by molar-refractivity contribution is -0.154. The summed E-state index contributed by atoms with van der Waals surface area (Å²) in [5, 5.41) is 53.2. The molecule has 6 heteroatoms. The summed E-state index contributed by atoms with van der Waals surface area (Å²) in [6.07, 6.45) is 2.97. The van der Waals surface area contributed by atoms with Crippen molar-refractivity contribution < 1.29 is 30.3 Å². The highest BCUT2D eigenvalue weighted by molar-refractivity contribution is 5.94. The molecule has 11 atom stereocenters. The number of allylic oxidation sites excluding steroid dienone is 1. The molecule has 4 aliphatic rings. The lowest BCUT2D eigenvalue weighted by Crippen LogP contribution is -2.59. The fraction of sp³-hybridized carbons (Fsp3) is 0.889. The third-order valence-electron chi connectivity index (χ3n) is 10.2. The predicted molar refractivity (Wildman–Crippen MR) is 125 cm³/mol. The maximum atomic E-state index is 13.2. The van der Waals surface area contributed by atoms with Crippen LogP contribution >= 0.6 is 0 Å². The van der Waals surface area contributed by atoms with Crippen LogP contribution in [0.25, 0.3) is 0 Å². The Labute approximate surface area is 198 Å². The van der Waals surface area contributed by atoms with E-state index in [9.17, 15) is 30.3 Å². The summed E-state index contributed by atoms with van der Waals surface area (Å²) in [5.41, 5.74) is -0.553. The summed E-state index contributed by atoms with van der Waals surface area (Å²) in [7, 11) is 0. The second-order valence-corrected chi connectivity index (χ2v) is 12.9. The topological polar surface area (TPSA) is 118 Å². The van der Waals surface area contributed by atoms with E-state index in [-0.39, 0.29) is 47.2 Å². The van der Waals surface area contributed by atoms with Crippen molar-refractivity contribution in [3.05, 3.63) is 11.6 Å². The summed E-state index contributed by atoms with van der Waals surface area (Å²) in [6, 6.07) is 0. The molecule has 3 saturated carbocycles. The van der Waals surface area contributed by atoms with Gasteiger partial charge in [-0.05, 0) is 93.5 Å². The van der Waals surface area contributed by atoms with Crippen LogP contribution in [0, 0.1) is 40.4 Å². The van der Waals surface area contributed by atoms with Crippen molar-refractivity contribution in [3.8, 4) is 0 Å². The molecule has 0 saturated heterocycles. The largest absolute Gasteiger partial charge is 0.393 e. The number of aliphatic hydroxyl groups is 5. The van der Waals surface area contributed by atoms with Crippen molar-refractivity contribution in [3.63, 3.8) is 0 Å². The molecular formula is C27H44O6. The maximum absolute atomic E-state index is 13.2. The van der Waals surface area contributed by atoms with Crippen LogP contribution in [0.2, 0.25) is 0 Å². The minimum Gasteiger partial charge on any atom is -0.393 e. The van der Waals surface area contributed by atoms with Crippen LogP contribution in [0.4, 0.5) is 0 Å². The Balaban J connectivity index is 1.62. The van der Waals surface area contributed by atoms with Crippen molar-refractivity contribution >= 4 is 5.78 Å². The molecule has 0 aromatic heterocycles. The summed E-state index contributed by atoms with van der Waals surface area (Å²) >= 11 is 0. The van der Waals surface area contributed by atoms with E-state index in [1.165, 1.54) is 0 Å². The van der Waals surface area contributed by atoms with Gasteiger partial charge in [0.15, 0.2) is 5.78 Å². The van der Waals surface area contributed by atoms with E-state index in [1.54, 1.807) is 19.9 Å². The van der Waals surface area contributed by atoms with E-state index in [1.807, 2.05) is 6.92 Å². The Morgan fingerprint density at radius 3 is 2.30 bits per heavy atom. The molecule has 6 nitrogen and oxygen atoms in total. The molecule has 0 aromatic rings. The van der Waals surface area contributed by atoms with Gasteiger partial charge in [0.2, 0.25) is 0 Å². The number of aliphatic hydroxyl groups excluding tert-OH is 4. The molecule has 0 aliphatic heterocycles. The molecule has 4 aliphatic carbocycles. The molecule has 0 bridgehead atoms. The Kier molecular flexibility index (Phi) is 6.45. The van der Waals surface area contributed by atoms with Gasteiger partial charge in [0.05, 0.1) is 30.0 Å². The van der Waals surface area contributed by atoms with E-state index in [2.05, 4.69) is 13.8 Å². The second kappa shape index (κ2) is 8.41. The van der Waals surface area contributed by atoms with Gasteiger partial charge in [0, 0.05) is 11.8 Å². The molecule has 0 aromatic carbocycles. The maximum Gasteiger partial charge on any atom is 0.159 e. The van der Waals surface area contributed by atoms with Crippen molar-refractivity contribution in [1.29, 1.82) is 0 Å². The van der Waals surface area contributed by atoms with Gasteiger partial charge in [-0.2, -0.15) is 0 Å². The van der Waals surface area contributed by atoms with Gasteiger partial charge in [0.1, 0.15) is 0 Å². The first-order valence-electron chi connectivity index (χ1n) is 12.9. The van der Waals surface area contributed by atoms with E-state index in [0.29, 0.717) is 25.7 Å². The van der Waals surface area contributed by atoms with Crippen LogP contribution in [0.15, 0.2) is 11.6 Å². The first-order valence-corrected chi connectivity index (χ1v) is 12.9. The zero-order valence-corrected chi connectivity index (χ0v) is 20.9. The monoisotopic (exact) mass is 464 g/mol. The van der Waals surface area contributed by atoms with Crippen molar-refractivity contribution in [2.75, 3.05) is 0 Å². The first kappa shape index (κ1) is 25.3. The molecule has 33 heavy (non-hydrogen) atoms. The third-order valence-corrected chi connectivity index (χ3v) is 10.2. The van der Waals surface area contributed by atoms with E-state index < -0.39 is 35.4 Å². The average molecular weight is 465 g/mol. The minimum atomic E-state index is -0.893. The highest BCUT2D eigenvalue weighted by Crippen LogP contribution is 2.66. The van der Waals surface area contributed by atoms with Crippen molar-refractivity contribution in [1.82, 2.24) is 0 Å². The van der Waals surface area contributed by atoms with Crippen LogP contribution in [0.1, 0.15) is 79.6 Å². The number of hydrogen-bond acceptors (Lipinski definition) is 6. The minimum absolute atomic E-state index is 0.0212. The van der Waals surface area contributed by atoms with Crippen LogP contribution < -0.4 is 0 Å². The number of ketones is 1. The Morgan fingerprint density at radius 1 is 1.03 bits per heavy atom. The van der Waals surface area contributed by atoms with Crippen molar-refractivity contribution in [2.24, 2.45) is 40.4 Å². The molecule has 0 spiro atoms. The van der Waals surface area contributed by atoms with E-state index >= 15 is 0 Å². The fourth-order valence-electron chi connectivity index (χ4n) is 8.47. The summed E-state index contributed by atoms with van der Waals surface area (Å²) in [6.45, 7) is 9.84. The van der Waals surface area contributed by atoms with Crippen LogP contribution in [0.3, 0.4) is 0 Å². The van der Waals surface area contributed by atoms with Crippen LogP contribution in [0.5, 0.6) is 0 Å². The van der Waals surface area contributed by atoms with Gasteiger partial charge in [-0.1, -0.05) is 26.3 Å². The van der Waals surface area contributed by atoms with Crippen molar-refractivity contribution in [2.45, 2.75) is 110 Å². The lowest BCUT2D eigenvalue weighted by atomic mass is 9.46. The second-order valence-electron chi connectivity index (χ2n) is 12.9. The number of hydrogen-bond donors (Lipinski definition) is 5. The average Bonchev–Trinajstić information content (AvgIpc) is 3.03. The smallest absolute Gasteiger partial charge is 0.159 e. The van der Waals surface area contributed by atoms with Gasteiger partial charge < -0.3 is 25.5 Å². The standard InChI is InChI=1S/C27H44O6/c1-14(19(28)8-9-25(2,3)33)16-6-7-17-15-10-20(29)18-11-21(30)22(31)12-27(18,5)24(15)23(32)13-26(16,17)4/h10,14,16-19,21-24,28,30-33H,6-9,11-13H2,1-5H3/t14-,16+,17-,18-,19+,21+,22-,23?,24+,26+,27-/m0/s1. The molecule has 3 fully saturated rings. The van der Waals surface area contributed by atoms with E-state index in [4.69, 9.17) is 0 Å². The quantitative estimate of drug-likeness (QED) is 0.427. The van der Waals surface area contributed by atoms with Crippen LogP contribution in [-0.4, -0.2) is 61.3 Å². The Morgan fingerprint density at radius 2 is 1.67 bits per heavy atom. The molecule has 0 heterocycles. The number of carbonyl (C=O) groups is 1. The highest BCUT2D eigenvalue weighted by atomic mass is 16.3. The number of carbonyl (C=O) groups excluding carboxylic acids is 1. The third kappa shape index (κ3) is 4.14. The molecule has 1 unspecified atom stereocenters. The number of rotatable bonds is 5. The highest BCUT2D eigenvalue weighted by Gasteiger charge is 2.63. The van der Waals surface area contributed by atoms with Gasteiger partial charge in [-0.3, -0.25) is 4.79 Å². The van der Waals surface area contributed by atoms with Gasteiger partial charge in [-0.25, -0.2) is 0 Å². The fourth-order valence-corrected chi connectivity index (χ4v) is 8.47. The normalized spacial score (nSPS) is 47.3. The van der Waals surface area contributed by atoms with Gasteiger partial charge in [0.25, 0.3) is 0 Å². The SMILES string of the molecule is C[C@H]([C@H](O)CCC(C)(C)O)[C@H]1CC[C@H]2C3=CC(=O)[C@@H]4C[C@@H](O)[C@@H](O)C[C@]4(C)[C@H]3C(O)C[C@]12C.